The molecule has 3 rings (SSSR count). The van der Waals surface area contributed by atoms with Crippen molar-refractivity contribution in [3.05, 3.63) is 65.7 Å². The van der Waals surface area contributed by atoms with Crippen molar-refractivity contribution in [2.45, 2.75) is 6.92 Å². The summed E-state index contributed by atoms with van der Waals surface area (Å²) in [4.78, 5) is 2.42. The van der Waals surface area contributed by atoms with Crippen molar-refractivity contribution in [1.29, 1.82) is 0 Å². The van der Waals surface area contributed by atoms with Crippen molar-refractivity contribution >= 4 is 11.9 Å². The van der Waals surface area contributed by atoms with Gasteiger partial charge in [0, 0.05) is 18.8 Å². The minimum atomic E-state index is 0.969. The van der Waals surface area contributed by atoms with Gasteiger partial charge in [0.1, 0.15) is 0 Å². The zero-order valence-corrected chi connectivity index (χ0v) is 12.4. The van der Waals surface area contributed by atoms with Gasteiger partial charge in [0.15, 0.2) is 0 Å². The second kappa shape index (κ2) is 6.44. The molecule has 2 aromatic carbocycles. The van der Waals surface area contributed by atoms with Gasteiger partial charge in [-0.05, 0) is 24.6 Å². The molecule has 0 amide bonds. The van der Waals surface area contributed by atoms with E-state index in [1.54, 1.807) is 0 Å². The van der Waals surface area contributed by atoms with Crippen molar-refractivity contribution in [2.75, 3.05) is 31.1 Å². The van der Waals surface area contributed by atoms with E-state index in [2.05, 4.69) is 58.3 Å². The number of hydrogen-bond acceptors (Lipinski definition) is 3. The minimum Gasteiger partial charge on any atom is -0.368 e. The molecule has 1 saturated heterocycles. The third-order valence-corrected chi connectivity index (χ3v) is 3.82. The summed E-state index contributed by atoms with van der Waals surface area (Å²) in [6, 6.07) is 19.0. The zero-order valence-electron chi connectivity index (χ0n) is 12.4. The number of benzene rings is 2. The van der Waals surface area contributed by atoms with Gasteiger partial charge in [-0.15, -0.1) is 0 Å². The Hall–Kier alpha value is -2.29. The summed E-state index contributed by atoms with van der Waals surface area (Å²) in [5.41, 5.74) is 3.77. The standard InChI is InChI=1S/C18H21N3/c1-16-7-9-18(10-8-16)20-11-13-21(14-12-20)19-15-17-5-3-2-4-6-17/h2-10,15H,11-14H2,1H3. The third-order valence-electron chi connectivity index (χ3n) is 3.82. The molecule has 1 fully saturated rings. The van der Waals surface area contributed by atoms with Gasteiger partial charge >= 0.3 is 0 Å². The van der Waals surface area contributed by atoms with Gasteiger partial charge < -0.3 is 4.90 Å². The molecular formula is C18H21N3. The molecule has 0 radical (unpaired) electrons. The number of hydrazone groups is 1. The molecule has 108 valence electrons. The van der Waals surface area contributed by atoms with E-state index in [-0.39, 0.29) is 0 Å². The lowest BCUT2D eigenvalue weighted by Crippen LogP contribution is -2.44. The van der Waals surface area contributed by atoms with E-state index in [1.807, 2.05) is 24.4 Å². The first kappa shape index (κ1) is 13.7. The Kier molecular flexibility index (Phi) is 4.20. The molecule has 1 aliphatic heterocycles. The van der Waals surface area contributed by atoms with Gasteiger partial charge in [-0.2, -0.15) is 5.10 Å². The summed E-state index contributed by atoms with van der Waals surface area (Å²) in [7, 11) is 0. The second-order valence-corrected chi connectivity index (χ2v) is 5.43. The van der Waals surface area contributed by atoms with E-state index < -0.39 is 0 Å². The fourth-order valence-electron chi connectivity index (χ4n) is 2.51. The first-order chi connectivity index (χ1) is 10.3. The zero-order chi connectivity index (χ0) is 14.5. The smallest absolute Gasteiger partial charge is 0.0542 e. The third kappa shape index (κ3) is 3.63. The number of nitrogens with zero attached hydrogens (tertiary/aromatic N) is 3. The van der Waals surface area contributed by atoms with E-state index in [9.17, 15) is 0 Å². The summed E-state index contributed by atoms with van der Waals surface area (Å²) >= 11 is 0. The Labute approximate surface area is 126 Å². The van der Waals surface area contributed by atoms with Gasteiger partial charge in [0.05, 0.1) is 19.3 Å². The number of hydrogen-bond donors (Lipinski definition) is 0. The number of aryl methyl sites for hydroxylation is 1. The molecule has 0 aliphatic carbocycles. The highest BCUT2D eigenvalue weighted by Gasteiger charge is 2.15. The Morgan fingerprint density at radius 1 is 0.857 bits per heavy atom. The van der Waals surface area contributed by atoms with Crippen LogP contribution in [0.25, 0.3) is 0 Å². The average molecular weight is 279 g/mol. The van der Waals surface area contributed by atoms with Crippen LogP contribution >= 0.6 is 0 Å². The maximum absolute atomic E-state index is 4.58. The topological polar surface area (TPSA) is 18.8 Å². The molecule has 1 aliphatic rings. The molecule has 0 unspecified atom stereocenters. The number of rotatable bonds is 3. The number of piperazine rings is 1. The van der Waals surface area contributed by atoms with Gasteiger partial charge in [-0.25, -0.2) is 0 Å². The average Bonchev–Trinajstić information content (AvgIpc) is 2.55. The van der Waals surface area contributed by atoms with Crippen LogP contribution < -0.4 is 4.90 Å². The van der Waals surface area contributed by atoms with E-state index in [1.165, 1.54) is 11.3 Å². The quantitative estimate of drug-likeness (QED) is 0.804. The monoisotopic (exact) mass is 279 g/mol. The van der Waals surface area contributed by atoms with Gasteiger partial charge in [-0.1, -0.05) is 48.0 Å². The Morgan fingerprint density at radius 3 is 2.19 bits per heavy atom. The SMILES string of the molecule is Cc1ccc(N2CCN(N=Cc3ccccc3)CC2)cc1. The largest absolute Gasteiger partial charge is 0.368 e. The second-order valence-electron chi connectivity index (χ2n) is 5.43. The van der Waals surface area contributed by atoms with Crippen molar-refractivity contribution in [3.63, 3.8) is 0 Å². The predicted octanol–water partition coefficient (Wildman–Crippen LogP) is 3.15. The van der Waals surface area contributed by atoms with Gasteiger partial charge in [-0.3, -0.25) is 5.01 Å². The highest BCUT2D eigenvalue weighted by atomic mass is 15.5. The van der Waals surface area contributed by atoms with E-state index in [0.29, 0.717) is 0 Å². The normalized spacial score (nSPS) is 15.7. The predicted molar refractivity (Wildman–Crippen MR) is 89.0 cm³/mol. The molecule has 0 saturated carbocycles. The van der Waals surface area contributed by atoms with Crippen LogP contribution in [0.15, 0.2) is 59.7 Å². The van der Waals surface area contributed by atoms with E-state index in [0.717, 1.165) is 31.7 Å². The lowest BCUT2D eigenvalue weighted by Gasteiger charge is -2.34. The van der Waals surface area contributed by atoms with Crippen LogP contribution in [0.2, 0.25) is 0 Å². The fourth-order valence-corrected chi connectivity index (χ4v) is 2.51. The van der Waals surface area contributed by atoms with Crippen LogP contribution in [-0.2, 0) is 0 Å². The van der Waals surface area contributed by atoms with Crippen molar-refractivity contribution in [2.24, 2.45) is 5.10 Å². The summed E-state index contributed by atoms with van der Waals surface area (Å²) in [6.45, 7) is 6.11. The van der Waals surface area contributed by atoms with Crippen LogP contribution in [0, 0.1) is 6.92 Å². The van der Waals surface area contributed by atoms with Crippen molar-refractivity contribution < 1.29 is 0 Å². The first-order valence-electron chi connectivity index (χ1n) is 7.47. The minimum absolute atomic E-state index is 0.969. The Morgan fingerprint density at radius 2 is 1.52 bits per heavy atom. The van der Waals surface area contributed by atoms with Crippen LogP contribution in [-0.4, -0.2) is 37.4 Å². The molecule has 21 heavy (non-hydrogen) atoms. The van der Waals surface area contributed by atoms with Gasteiger partial charge in [0.2, 0.25) is 0 Å². The van der Waals surface area contributed by atoms with Crippen LogP contribution in [0.3, 0.4) is 0 Å². The molecule has 1 heterocycles. The molecule has 3 heteroatoms. The molecular weight excluding hydrogens is 258 g/mol. The molecule has 0 spiro atoms. The maximum atomic E-state index is 4.58. The number of anilines is 1. The Balaban J connectivity index is 1.55. The first-order valence-corrected chi connectivity index (χ1v) is 7.47. The summed E-state index contributed by atoms with van der Waals surface area (Å²) in [5.74, 6) is 0. The molecule has 0 atom stereocenters. The van der Waals surface area contributed by atoms with E-state index in [4.69, 9.17) is 0 Å². The maximum Gasteiger partial charge on any atom is 0.0542 e. The van der Waals surface area contributed by atoms with Crippen molar-refractivity contribution in [1.82, 2.24) is 5.01 Å². The van der Waals surface area contributed by atoms with Crippen molar-refractivity contribution in [3.8, 4) is 0 Å². The summed E-state index contributed by atoms with van der Waals surface area (Å²) < 4.78 is 0. The fraction of sp³-hybridized carbons (Fsp3) is 0.278. The highest BCUT2D eigenvalue weighted by Crippen LogP contribution is 2.17. The Bertz CT molecular complexity index is 582. The summed E-state index contributed by atoms with van der Waals surface area (Å²) in [5, 5.41) is 6.73. The lowest BCUT2D eigenvalue weighted by atomic mass is 10.2. The summed E-state index contributed by atoms with van der Waals surface area (Å²) in [6.07, 6.45) is 1.95. The lowest BCUT2D eigenvalue weighted by molar-refractivity contribution is 0.272. The van der Waals surface area contributed by atoms with Crippen LogP contribution in [0.4, 0.5) is 5.69 Å². The molecule has 0 bridgehead atoms. The van der Waals surface area contributed by atoms with E-state index >= 15 is 0 Å². The van der Waals surface area contributed by atoms with Crippen LogP contribution in [0.5, 0.6) is 0 Å². The highest BCUT2D eigenvalue weighted by molar-refractivity contribution is 5.79. The molecule has 0 aromatic heterocycles. The molecule has 0 N–H and O–H groups in total. The molecule has 3 nitrogen and oxygen atoms in total. The van der Waals surface area contributed by atoms with Gasteiger partial charge in [0.25, 0.3) is 0 Å². The molecule has 2 aromatic rings. The van der Waals surface area contributed by atoms with Crippen LogP contribution in [0.1, 0.15) is 11.1 Å².